The van der Waals surface area contributed by atoms with Crippen molar-refractivity contribution in [2.75, 3.05) is 7.11 Å². The Labute approximate surface area is 120 Å². The predicted octanol–water partition coefficient (Wildman–Crippen LogP) is 2.67. The lowest BCUT2D eigenvalue weighted by Gasteiger charge is -2.20. The average molecular weight is 277 g/mol. The highest BCUT2D eigenvalue weighted by molar-refractivity contribution is 5.77. The fourth-order valence-electron chi connectivity index (χ4n) is 1.95. The first kappa shape index (κ1) is 16.2. The van der Waals surface area contributed by atoms with Crippen molar-refractivity contribution in [3.63, 3.8) is 0 Å². The Morgan fingerprint density at radius 1 is 1.20 bits per heavy atom. The molecular formula is C16H23NO3. The molecule has 0 radical (unpaired) electrons. The Morgan fingerprint density at radius 2 is 1.85 bits per heavy atom. The van der Waals surface area contributed by atoms with Crippen LogP contribution in [0.15, 0.2) is 30.3 Å². The van der Waals surface area contributed by atoms with Gasteiger partial charge in [-0.15, -0.1) is 0 Å². The molecule has 1 aromatic rings. The quantitative estimate of drug-likeness (QED) is 0.780. The van der Waals surface area contributed by atoms with Gasteiger partial charge in [0.1, 0.15) is 0 Å². The van der Waals surface area contributed by atoms with E-state index in [0.29, 0.717) is 25.8 Å². The SMILES string of the molecule is COC(=O)C(C)(C)CCCC(=O)NCc1ccccc1. The molecule has 20 heavy (non-hydrogen) atoms. The number of rotatable bonds is 7. The van der Waals surface area contributed by atoms with E-state index in [1.165, 1.54) is 7.11 Å². The van der Waals surface area contributed by atoms with Crippen molar-refractivity contribution in [1.82, 2.24) is 5.32 Å². The van der Waals surface area contributed by atoms with Gasteiger partial charge in [0.15, 0.2) is 0 Å². The van der Waals surface area contributed by atoms with Gasteiger partial charge in [0.2, 0.25) is 5.91 Å². The summed E-state index contributed by atoms with van der Waals surface area (Å²) in [7, 11) is 1.39. The Balaban J connectivity index is 2.25. The molecule has 110 valence electrons. The van der Waals surface area contributed by atoms with Crippen molar-refractivity contribution >= 4 is 11.9 Å². The van der Waals surface area contributed by atoms with E-state index in [9.17, 15) is 9.59 Å². The number of benzene rings is 1. The molecule has 0 aliphatic carbocycles. The van der Waals surface area contributed by atoms with E-state index in [1.54, 1.807) is 0 Å². The number of ether oxygens (including phenoxy) is 1. The molecule has 1 rings (SSSR count). The third-order valence-electron chi connectivity index (χ3n) is 3.28. The van der Waals surface area contributed by atoms with E-state index in [0.717, 1.165) is 5.56 Å². The number of hydrogen-bond donors (Lipinski definition) is 1. The van der Waals surface area contributed by atoms with Gasteiger partial charge >= 0.3 is 5.97 Å². The largest absolute Gasteiger partial charge is 0.469 e. The van der Waals surface area contributed by atoms with Gasteiger partial charge in [-0.2, -0.15) is 0 Å². The van der Waals surface area contributed by atoms with Crippen molar-refractivity contribution < 1.29 is 14.3 Å². The van der Waals surface area contributed by atoms with E-state index in [4.69, 9.17) is 4.74 Å². The van der Waals surface area contributed by atoms with E-state index >= 15 is 0 Å². The van der Waals surface area contributed by atoms with Gasteiger partial charge in [0.05, 0.1) is 12.5 Å². The second kappa shape index (κ2) is 7.68. The van der Waals surface area contributed by atoms with Gasteiger partial charge in [-0.05, 0) is 32.3 Å². The molecule has 0 bridgehead atoms. The summed E-state index contributed by atoms with van der Waals surface area (Å²) < 4.78 is 4.74. The first-order valence-electron chi connectivity index (χ1n) is 6.85. The molecule has 0 spiro atoms. The highest BCUT2D eigenvalue weighted by atomic mass is 16.5. The lowest BCUT2D eigenvalue weighted by atomic mass is 9.87. The highest BCUT2D eigenvalue weighted by Gasteiger charge is 2.28. The van der Waals surface area contributed by atoms with Crippen molar-refractivity contribution in [2.24, 2.45) is 5.41 Å². The average Bonchev–Trinajstić information content (AvgIpc) is 2.45. The maximum Gasteiger partial charge on any atom is 0.311 e. The zero-order chi connectivity index (χ0) is 15.0. The normalized spacial score (nSPS) is 10.9. The number of methoxy groups -OCH3 is 1. The molecule has 0 aliphatic heterocycles. The summed E-state index contributed by atoms with van der Waals surface area (Å²) in [5, 5.41) is 2.87. The number of esters is 1. The lowest BCUT2D eigenvalue weighted by Crippen LogP contribution is -2.27. The number of amides is 1. The van der Waals surface area contributed by atoms with Gasteiger partial charge in [0, 0.05) is 13.0 Å². The molecular weight excluding hydrogens is 254 g/mol. The van der Waals surface area contributed by atoms with Crippen LogP contribution in [0.3, 0.4) is 0 Å². The summed E-state index contributed by atoms with van der Waals surface area (Å²) in [6.45, 7) is 4.21. The molecule has 0 aliphatic rings. The van der Waals surface area contributed by atoms with Crippen LogP contribution < -0.4 is 5.32 Å². The predicted molar refractivity (Wildman–Crippen MR) is 77.9 cm³/mol. The summed E-state index contributed by atoms with van der Waals surface area (Å²) >= 11 is 0. The smallest absolute Gasteiger partial charge is 0.311 e. The van der Waals surface area contributed by atoms with E-state index in [-0.39, 0.29) is 11.9 Å². The van der Waals surface area contributed by atoms with Crippen molar-refractivity contribution in [2.45, 2.75) is 39.7 Å². The van der Waals surface area contributed by atoms with E-state index in [1.807, 2.05) is 44.2 Å². The summed E-state index contributed by atoms with van der Waals surface area (Å²) in [5.74, 6) is -0.225. The second-order valence-corrected chi connectivity index (χ2v) is 5.49. The maximum atomic E-state index is 11.7. The molecule has 0 saturated heterocycles. The fourth-order valence-corrected chi connectivity index (χ4v) is 1.95. The zero-order valence-electron chi connectivity index (χ0n) is 12.4. The molecule has 0 fully saturated rings. The van der Waals surface area contributed by atoms with Crippen molar-refractivity contribution in [3.05, 3.63) is 35.9 Å². The summed E-state index contributed by atoms with van der Waals surface area (Å²) in [6.07, 6.45) is 1.73. The van der Waals surface area contributed by atoms with Crippen molar-refractivity contribution in [1.29, 1.82) is 0 Å². The summed E-state index contributed by atoms with van der Waals surface area (Å²) in [5.41, 5.74) is 0.546. The van der Waals surface area contributed by atoms with Crippen LogP contribution in [0.1, 0.15) is 38.7 Å². The molecule has 4 heteroatoms. The number of carbonyl (C=O) groups is 2. The molecule has 1 N–H and O–H groups in total. The van der Waals surface area contributed by atoms with Crippen LogP contribution in [-0.2, 0) is 20.9 Å². The molecule has 0 heterocycles. The van der Waals surface area contributed by atoms with Crippen LogP contribution in [0, 0.1) is 5.41 Å². The molecule has 4 nitrogen and oxygen atoms in total. The lowest BCUT2D eigenvalue weighted by molar-refractivity contribution is -0.151. The highest BCUT2D eigenvalue weighted by Crippen LogP contribution is 2.24. The zero-order valence-corrected chi connectivity index (χ0v) is 12.4. The minimum Gasteiger partial charge on any atom is -0.469 e. The Kier molecular flexibility index (Phi) is 6.22. The molecule has 0 aromatic heterocycles. The van der Waals surface area contributed by atoms with Gasteiger partial charge in [-0.3, -0.25) is 9.59 Å². The van der Waals surface area contributed by atoms with Gasteiger partial charge in [0.25, 0.3) is 0 Å². The number of nitrogens with one attached hydrogen (secondary N) is 1. The van der Waals surface area contributed by atoms with Gasteiger partial charge < -0.3 is 10.1 Å². The first-order chi connectivity index (χ1) is 9.45. The second-order valence-electron chi connectivity index (χ2n) is 5.49. The van der Waals surface area contributed by atoms with Crippen LogP contribution in [0.5, 0.6) is 0 Å². The molecule has 1 aromatic carbocycles. The standard InChI is InChI=1S/C16H23NO3/c1-16(2,15(19)20-3)11-7-10-14(18)17-12-13-8-5-4-6-9-13/h4-6,8-9H,7,10-12H2,1-3H3,(H,17,18). The minimum absolute atomic E-state index is 0.00881. The van der Waals surface area contributed by atoms with Crippen LogP contribution >= 0.6 is 0 Å². The first-order valence-corrected chi connectivity index (χ1v) is 6.85. The van der Waals surface area contributed by atoms with Crippen LogP contribution in [-0.4, -0.2) is 19.0 Å². The van der Waals surface area contributed by atoms with E-state index in [2.05, 4.69) is 5.32 Å². The monoisotopic (exact) mass is 277 g/mol. The van der Waals surface area contributed by atoms with Crippen LogP contribution in [0.4, 0.5) is 0 Å². The molecule has 1 amide bonds. The number of carbonyl (C=O) groups excluding carboxylic acids is 2. The Morgan fingerprint density at radius 3 is 2.45 bits per heavy atom. The molecule has 0 unspecified atom stereocenters. The van der Waals surface area contributed by atoms with Crippen LogP contribution in [0.25, 0.3) is 0 Å². The Hall–Kier alpha value is -1.84. The fraction of sp³-hybridized carbons (Fsp3) is 0.500. The third-order valence-corrected chi connectivity index (χ3v) is 3.28. The van der Waals surface area contributed by atoms with Gasteiger partial charge in [-0.1, -0.05) is 30.3 Å². The third kappa shape index (κ3) is 5.43. The van der Waals surface area contributed by atoms with Crippen LogP contribution in [0.2, 0.25) is 0 Å². The summed E-state index contributed by atoms with van der Waals surface area (Å²) in [6, 6.07) is 9.78. The minimum atomic E-state index is -0.533. The molecule has 0 saturated carbocycles. The maximum absolute atomic E-state index is 11.7. The van der Waals surface area contributed by atoms with Gasteiger partial charge in [-0.25, -0.2) is 0 Å². The summed E-state index contributed by atoms with van der Waals surface area (Å²) in [4.78, 5) is 23.2. The topological polar surface area (TPSA) is 55.4 Å². The molecule has 0 atom stereocenters. The van der Waals surface area contributed by atoms with Crippen molar-refractivity contribution in [3.8, 4) is 0 Å². The van der Waals surface area contributed by atoms with E-state index < -0.39 is 5.41 Å². The number of hydrogen-bond acceptors (Lipinski definition) is 3. The Bertz CT molecular complexity index is 440.